The van der Waals surface area contributed by atoms with Crippen molar-refractivity contribution >= 4 is 28.8 Å². The first kappa shape index (κ1) is 17.8. The van der Waals surface area contributed by atoms with E-state index in [9.17, 15) is 4.79 Å². The molecule has 0 unspecified atom stereocenters. The number of methoxy groups -OCH3 is 1. The predicted molar refractivity (Wildman–Crippen MR) is 92.7 cm³/mol. The van der Waals surface area contributed by atoms with E-state index in [4.69, 9.17) is 9.15 Å². The Morgan fingerprint density at radius 1 is 1.35 bits per heavy atom. The van der Waals surface area contributed by atoms with Crippen LogP contribution in [0.4, 0.5) is 0 Å². The van der Waals surface area contributed by atoms with Crippen LogP contribution in [-0.4, -0.2) is 47.8 Å². The Morgan fingerprint density at radius 2 is 2.09 bits per heavy atom. The van der Waals surface area contributed by atoms with Crippen LogP contribution in [0, 0.1) is 0 Å². The van der Waals surface area contributed by atoms with E-state index in [0.717, 1.165) is 23.9 Å². The molecule has 1 aromatic heterocycles. The SMILES string of the molecule is CCC(CC)N(CCOC)C(=O)CSc1nc2ccccc2o1. The predicted octanol–water partition coefficient (Wildman–Crippen LogP) is 3.58. The van der Waals surface area contributed by atoms with Gasteiger partial charge in [0.15, 0.2) is 5.58 Å². The standard InChI is InChI=1S/C17H24N2O3S/c1-4-13(5-2)19(10-11-21-3)16(20)12-23-17-18-14-8-6-7-9-15(14)22-17/h6-9,13H,4-5,10-12H2,1-3H3. The number of carbonyl (C=O) groups excluding carboxylic acids is 1. The Bertz CT molecular complexity index is 592. The van der Waals surface area contributed by atoms with Gasteiger partial charge in [0.1, 0.15) is 5.52 Å². The smallest absolute Gasteiger partial charge is 0.257 e. The maximum absolute atomic E-state index is 12.6. The number of fused-ring (bicyclic) bond motifs is 1. The lowest BCUT2D eigenvalue weighted by molar-refractivity contribution is -0.131. The third-order valence-electron chi connectivity index (χ3n) is 3.83. The van der Waals surface area contributed by atoms with Crippen LogP contribution in [0.2, 0.25) is 0 Å². The summed E-state index contributed by atoms with van der Waals surface area (Å²) in [6.07, 6.45) is 1.89. The molecule has 0 aliphatic heterocycles. The highest BCUT2D eigenvalue weighted by Crippen LogP contribution is 2.23. The molecule has 1 heterocycles. The second-order valence-electron chi connectivity index (χ2n) is 5.29. The topological polar surface area (TPSA) is 55.6 Å². The fraction of sp³-hybridized carbons (Fsp3) is 0.529. The van der Waals surface area contributed by atoms with Gasteiger partial charge in [0.2, 0.25) is 5.91 Å². The zero-order valence-corrected chi connectivity index (χ0v) is 14.8. The molecule has 0 N–H and O–H groups in total. The summed E-state index contributed by atoms with van der Waals surface area (Å²) in [7, 11) is 1.66. The minimum absolute atomic E-state index is 0.100. The third kappa shape index (κ3) is 4.72. The molecule has 0 saturated carbocycles. The Morgan fingerprint density at radius 3 is 2.74 bits per heavy atom. The molecular formula is C17H24N2O3S. The molecule has 1 aromatic carbocycles. The van der Waals surface area contributed by atoms with Gasteiger partial charge in [-0.25, -0.2) is 4.98 Å². The number of rotatable bonds is 9. The molecule has 2 rings (SSSR count). The average molecular weight is 336 g/mol. The lowest BCUT2D eigenvalue weighted by atomic mass is 10.1. The summed E-state index contributed by atoms with van der Waals surface area (Å²) in [6, 6.07) is 7.86. The van der Waals surface area contributed by atoms with E-state index in [-0.39, 0.29) is 11.9 Å². The molecule has 0 fully saturated rings. The summed E-state index contributed by atoms with van der Waals surface area (Å²) in [6.45, 7) is 5.38. The number of nitrogens with zero attached hydrogens (tertiary/aromatic N) is 2. The van der Waals surface area contributed by atoms with Crippen molar-refractivity contribution in [2.75, 3.05) is 26.0 Å². The largest absolute Gasteiger partial charge is 0.431 e. The van der Waals surface area contributed by atoms with Crippen molar-refractivity contribution in [2.24, 2.45) is 0 Å². The van der Waals surface area contributed by atoms with Crippen LogP contribution in [0.5, 0.6) is 0 Å². The Hall–Kier alpha value is -1.53. The van der Waals surface area contributed by atoms with Gasteiger partial charge in [-0.1, -0.05) is 37.7 Å². The molecule has 6 heteroatoms. The van der Waals surface area contributed by atoms with Gasteiger partial charge in [-0.3, -0.25) is 4.79 Å². The third-order valence-corrected chi connectivity index (χ3v) is 4.65. The molecule has 0 aliphatic carbocycles. The van der Waals surface area contributed by atoms with Gasteiger partial charge in [-0.15, -0.1) is 0 Å². The molecule has 0 spiro atoms. The molecule has 0 saturated heterocycles. The van der Waals surface area contributed by atoms with Crippen LogP contribution in [0.25, 0.3) is 11.1 Å². The molecular weight excluding hydrogens is 312 g/mol. The molecule has 0 aliphatic rings. The Kier molecular flexibility index (Phi) is 6.92. The molecule has 0 bridgehead atoms. The summed E-state index contributed by atoms with van der Waals surface area (Å²) in [5.41, 5.74) is 1.57. The number of oxazole rings is 1. The highest BCUT2D eigenvalue weighted by molar-refractivity contribution is 7.99. The van der Waals surface area contributed by atoms with Crippen molar-refractivity contribution in [3.8, 4) is 0 Å². The number of carbonyl (C=O) groups is 1. The number of aromatic nitrogens is 1. The van der Waals surface area contributed by atoms with Gasteiger partial charge in [-0.2, -0.15) is 0 Å². The van der Waals surface area contributed by atoms with Crippen LogP contribution in [0.3, 0.4) is 0 Å². The highest BCUT2D eigenvalue weighted by Gasteiger charge is 2.21. The van der Waals surface area contributed by atoms with Crippen molar-refractivity contribution in [3.05, 3.63) is 24.3 Å². The van der Waals surface area contributed by atoms with Crippen LogP contribution < -0.4 is 0 Å². The first-order valence-electron chi connectivity index (χ1n) is 7.96. The number of benzene rings is 1. The van der Waals surface area contributed by atoms with Crippen molar-refractivity contribution in [1.29, 1.82) is 0 Å². The number of hydrogen-bond donors (Lipinski definition) is 0. The summed E-state index contributed by atoms with van der Waals surface area (Å²) in [5.74, 6) is 0.426. The van der Waals surface area contributed by atoms with Gasteiger partial charge in [0, 0.05) is 19.7 Å². The van der Waals surface area contributed by atoms with E-state index in [0.29, 0.717) is 24.1 Å². The number of thioether (sulfide) groups is 1. The van der Waals surface area contributed by atoms with E-state index in [1.165, 1.54) is 11.8 Å². The molecule has 23 heavy (non-hydrogen) atoms. The van der Waals surface area contributed by atoms with Crippen LogP contribution >= 0.6 is 11.8 Å². The van der Waals surface area contributed by atoms with E-state index >= 15 is 0 Å². The molecule has 0 atom stereocenters. The second-order valence-corrected chi connectivity index (χ2v) is 6.21. The Balaban J connectivity index is 1.99. The monoisotopic (exact) mass is 336 g/mol. The lowest BCUT2D eigenvalue weighted by Crippen LogP contribution is -2.42. The zero-order chi connectivity index (χ0) is 16.7. The first-order chi connectivity index (χ1) is 11.2. The highest BCUT2D eigenvalue weighted by atomic mass is 32.2. The maximum atomic E-state index is 12.6. The maximum Gasteiger partial charge on any atom is 0.257 e. The van der Waals surface area contributed by atoms with Crippen LogP contribution in [0.1, 0.15) is 26.7 Å². The van der Waals surface area contributed by atoms with Crippen molar-refractivity contribution in [1.82, 2.24) is 9.88 Å². The zero-order valence-electron chi connectivity index (χ0n) is 13.9. The van der Waals surface area contributed by atoms with Gasteiger partial charge >= 0.3 is 0 Å². The minimum Gasteiger partial charge on any atom is -0.431 e. The van der Waals surface area contributed by atoms with Gasteiger partial charge in [0.25, 0.3) is 5.22 Å². The van der Waals surface area contributed by atoms with Crippen LogP contribution in [0.15, 0.2) is 33.9 Å². The minimum atomic E-state index is 0.100. The van der Waals surface area contributed by atoms with E-state index in [1.54, 1.807) is 7.11 Å². The van der Waals surface area contributed by atoms with Gasteiger partial charge < -0.3 is 14.1 Å². The van der Waals surface area contributed by atoms with Crippen LogP contribution in [-0.2, 0) is 9.53 Å². The second kappa shape index (κ2) is 8.93. The molecule has 126 valence electrons. The molecule has 1 amide bonds. The molecule has 2 aromatic rings. The number of para-hydroxylation sites is 2. The van der Waals surface area contributed by atoms with Crippen molar-refractivity contribution < 1.29 is 13.9 Å². The normalized spacial score (nSPS) is 11.3. The van der Waals surface area contributed by atoms with E-state index in [1.807, 2.05) is 29.2 Å². The Labute approximate surface area is 141 Å². The summed E-state index contributed by atoms with van der Waals surface area (Å²) < 4.78 is 10.8. The fourth-order valence-electron chi connectivity index (χ4n) is 2.55. The summed E-state index contributed by atoms with van der Waals surface area (Å²) >= 11 is 1.34. The van der Waals surface area contributed by atoms with E-state index in [2.05, 4.69) is 18.8 Å². The number of hydrogen-bond acceptors (Lipinski definition) is 5. The van der Waals surface area contributed by atoms with Crippen molar-refractivity contribution in [2.45, 2.75) is 38.0 Å². The lowest BCUT2D eigenvalue weighted by Gasteiger charge is -2.30. The first-order valence-corrected chi connectivity index (χ1v) is 8.94. The average Bonchev–Trinajstić information content (AvgIpc) is 2.99. The number of ether oxygens (including phenoxy) is 1. The van der Waals surface area contributed by atoms with E-state index < -0.39 is 0 Å². The molecule has 0 radical (unpaired) electrons. The summed E-state index contributed by atoms with van der Waals surface area (Å²) in [5, 5.41) is 0.538. The van der Waals surface area contributed by atoms with Gasteiger partial charge in [-0.05, 0) is 25.0 Å². The summed E-state index contributed by atoms with van der Waals surface area (Å²) in [4.78, 5) is 18.9. The molecule has 5 nitrogen and oxygen atoms in total. The number of amides is 1. The van der Waals surface area contributed by atoms with Crippen molar-refractivity contribution in [3.63, 3.8) is 0 Å². The quantitative estimate of drug-likeness (QED) is 0.655. The fourth-order valence-corrected chi connectivity index (χ4v) is 3.27. The van der Waals surface area contributed by atoms with Gasteiger partial charge in [0.05, 0.1) is 12.4 Å².